The van der Waals surface area contributed by atoms with Crippen molar-refractivity contribution < 1.29 is 0 Å². The van der Waals surface area contributed by atoms with Crippen LogP contribution in [0.3, 0.4) is 0 Å². The number of rotatable bonds is 5. The number of hydrogen-bond acceptors (Lipinski definition) is 6. The molecule has 0 aromatic carbocycles. The molecule has 0 aliphatic rings. The molecule has 3 aromatic rings. The number of nitrogens with one attached hydrogen (secondary N) is 1. The lowest BCUT2D eigenvalue weighted by atomic mass is 10.2. The zero-order valence-electron chi connectivity index (χ0n) is 11.7. The van der Waals surface area contributed by atoms with Gasteiger partial charge in [0.25, 0.3) is 0 Å². The van der Waals surface area contributed by atoms with Crippen molar-refractivity contribution in [1.82, 2.24) is 24.5 Å². The van der Waals surface area contributed by atoms with Gasteiger partial charge in [0.05, 0.1) is 6.20 Å². The summed E-state index contributed by atoms with van der Waals surface area (Å²) >= 11 is 0. The molecule has 0 atom stereocenters. The van der Waals surface area contributed by atoms with Gasteiger partial charge in [-0.15, -0.1) is 0 Å². The van der Waals surface area contributed by atoms with Crippen molar-refractivity contribution in [3.8, 4) is 11.9 Å². The molecule has 0 unspecified atom stereocenters. The normalized spacial score (nSPS) is 10.1. The molecule has 7 heteroatoms. The summed E-state index contributed by atoms with van der Waals surface area (Å²) in [5, 5.41) is 12.3. The molecule has 22 heavy (non-hydrogen) atoms. The van der Waals surface area contributed by atoms with E-state index < -0.39 is 0 Å². The summed E-state index contributed by atoms with van der Waals surface area (Å²) in [5.41, 5.74) is 1.59. The first-order valence-corrected chi connectivity index (χ1v) is 6.75. The second-order valence-electron chi connectivity index (χ2n) is 4.54. The van der Waals surface area contributed by atoms with Gasteiger partial charge in [-0.1, -0.05) is 0 Å². The van der Waals surface area contributed by atoms with Gasteiger partial charge in [-0.25, -0.2) is 9.97 Å². The zero-order chi connectivity index (χ0) is 15.2. The van der Waals surface area contributed by atoms with Gasteiger partial charge in [0.1, 0.15) is 18.0 Å². The monoisotopic (exact) mass is 291 g/mol. The molecule has 3 aromatic heterocycles. The number of anilines is 1. The Labute approximate surface area is 127 Å². The number of pyridine rings is 1. The van der Waals surface area contributed by atoms with Gasteiger partial charge in [-0.2, -0.15) is 10.2 Å². The lowest BCUT2D eigenvalue weighted by Crippen LogP contribution is -2.10. The van der Waals surface area contributed by atoms with Crippen LogP contribution in [0.1, 0.15) is 11.1 Å². The second-order valence-corrected chi connectivity index (χ2v) is 4.54. The molecular formula is C15H13N7. The predicted molar refractivity (Wildman–Crippen MR) is 80.3 cm³/mol. The molecule has 108 valence electrons. The van der Waals surface area contributed by atoms with Gasteiger partial charge in [0.15, 0.2) is 5.82 Å². The third kappa shape index (κ3) is 3.07. The summed E-state index contributed by atoms with van der Waals surface area (Å²) in [6, 6.07) is 6.03. The highest BCUT2D eigenvalue weighted by atomic mass is 15.2. The quantitative estimate of drug-likeness (QED) is 0.767. The van der Waals surface area contributed by atoms with Crippen LogP contribution in [0.15, 0.2) is 49.4 Å². The van der Waals surface area contributed by atoms with Gasteiger partial charge < -0.3 is 5.32 Å². The average molecular weight is 291 g/mol. The van der Waals surface area contributed by atoms with Gasteiger partial charge in [-0.3, -0.25) is 9.55 Å². The van der Waals surface area contributed by atoms with E-state index in [1.165, 1.54) is 11.8 Å². The van der Waals surface area contributed by atoms with Gasteiger partial charge in [0, 0.05) is 31.3 Å². The molecule has 0 bridgehead atoms. The molecule has 7 nitrogen and oxygen atoms in total. The number of imidazole rings is 1. The Bertz CT molecular complexity index is 775. The van der Waals surface area contributed by atoms with Gasteiger partial charge in [0.2, 0.25) is 5.95 Å². The first-order valence-electron chi connectivity index (χ1n) is 6.75. The Morgan fingerprint density at radius 1 is 1.18 bits per heavy atom. The highest BCUT2D eigenvalue weighted by molar-refractivity contribution is 5.45. The van der Waals surface area contributed by atoms with Crippen LogP contribution in [0, 0.1) is 11.3 Å². The van der Waals surface area contributed by atoms with Crippen LogP contribution in [0.5, 0.6) is 0 Å². The van der Waals surface area contributed by atoms with Crippen LogP contribution >= 0.6 is 0 Å². The maximum absolute atomic E-state index is 9.14. The molecule has 3 heterocycles. The Morgan fingerprint density at radius 3 is 2.77 bits per heavy atom. The van der Waals surface area contributed by atoms with Crippen LogP contribution in [0.2, 0.25) is 0 Å². The van der Waals surface area contributed by atoms with E-state index in [9.17, 15) is 0 Å². The molecule has 1 N–H and O–H groups in total. The average Bonchev–Trinajstić information content (AvgIpc) is 3.10. The topological polar surface area (TPSA) is 92.3 Å². The minimum atomic E-state index is 0.401. The summed E-state index contributed by atoms with van der Waals surface area (Å²) < 4.78 is 1.69. The fraction of sp³-hybridized carbons (Fsp3) is 0.133. The molecule has 0 saturated carbocycles. The molecule has 0 saturated heterocycles. The SMILES string of the molecule is N#Cc1cnc(NCCc2ccncc2)nc1-n1ccnc1. The molecule has 0 radical (unpaired) electrons. The van der Waals surface area contributed by atoms with E-state index in [1.54, 1.807) is 35.7 Å². The fourth-order valence-electron chi connectivity index (χ4n) is 1.99. The van der Waals surface area contributed by atoms with Crippen molar-refractivity contribution in [2.75, 3.05) is 11.9 Å². The van der Waals surface area contributed by atoms with E-state index in [4.69, 9.17) is 5.26 Å². The van der Waals surface area contributed by atoms with Gasteiger partial charge >= 0.3 is 0 Å². The summed E-state index contributed by atoms with van der Waals surface area (Å²) in [6.07, 6.45) is 10.9. The van der Waals surface area contributed by atoms with Crippen LogP contribution < -0.4 is 5.32 Å². The third-order valence-electron chi connectivity index (χ3n) is 3.08. The van der Waals surface area contributed by atoms with E-state index in [2.05, 4.69) is 31.3 Å². The van der Waals surface area contributed by atoms with E-state index in [0.29, 0.717) is 23.9 Å². The smallest absolute Gasteiger partial charge is 0.224 e. The highest BCUT2D eigenvalue weighted by Crippen LogP contribution is 2.12. The minimum Gasteiger partial charge on any atom is -0.354 e. The van der Waals surface area contributed by atoms with Crippen molar-refractivity contribution >= 4 is 5.95 Å². The molecule has 0 fully saturated rings. The molecule has 3 rings (SSSR count). The number of hydrogen-bond donors (Lipinski definition) is 1. The molecule has 0 amide bonds. The minimum absolute atomic E-state index is 0.401. The van der Waals surface area contributed by atoms with E-state index in [-0.39, 0.29) is 0 Å². The third-order valence-corrected chi connectivity index (χ3v) is 3.08. The second kappa shape index (κ2) is 6.45. The molecule has 0 spiro atoms. The number of nitrogens with zero attached hydrogens (tertiary/aromatic N) is 6. The summed E-state index contributed by atoms with van der Waals surface area (Å²) in [7, 11) is 0. The van der Waals surface area contributed by atoms with Crippen molar-refractivity contribution in [3.63, 3.8) is 0 Å². The van der Waals surface area contributed by atoms with Crippen LogP contribution in [0.25, 0.3) is 5.82 Å². The summed E-state index contributed by atoms with van der Waals surface area (Å²) in [4.78, 5) is 16.5. The van der Waals surface area contributed by atoms with Crippen LogP contribution in [0.4, 0.5) is 5.95 Å². The number of nitriles is 1. The van der Waals surface area contributed by atoms with Gasteiger partial charge in [-0.05, 0) is 24.1 Å². The fourth-order valence-corrected chi connectivity index (χ4v) is 1.99. The van der Waals surface area contributed by atoms with Crippen molar-refractivity contribution in [2.24, 2.45) is 0 Å². The highest BCUT2D eigenvalue weighted by Gasteiger charge is 2.08. The Morgan fingerprint density at radius 2 is 2.05 bits per heavy atom. The number of aromatic nitrogens is 5. The van der Waals surface area contributed by atoms with Crippen LogP contribution in [-0.2, 0) is 6.42 Å². The van der Waals surface area contributed by atoms with Crippen LogP contribution in [-0.4, -0.2) is 31.0 Å². The van der Waals surface area contributed by atoms with E-state index in [1.807, 2.05) is 12.1 Å². The Hall–Kier alpha value is -3.27. The van der Waals surface area contributed by atoms with E-state index in [0.717, 1.165) is 6.42 Å². The lowest BCUT2D eigenvalue weighted by Gasteiger charge is -2.08. The van der Waals surface area contributed by atoms with Crippen molar-refractivity contribution in [3.05, 3.63) is 60.6 Å². The maximum atomic E-state index is 9.14. The van der Waals surface area contributed by atoms with E-state index >= 15 is 0 Å². The molecular weight excluding hydrogens is 278 g/mol. The first-order chi connectivity index (χ1) is 10.9. The standard InChI is InChI=1S/C15H13N7/c16-9-13-10-20-15(21-14(13)22-8-7-18-11-22)19-6-3-12-1-4-17-5-2-12/h1-2,4-5,7-8,10-11H,3,6H2,(H,19,20,21). The van der Waals surface area contributed by atoms with Crippen molar-refractivity contribution in [1.29, 1.82) is 5.26 Å². The first kappa shape index (κ1) is 13.7. The Balaban J connectivity index is 1.72. The molecule has 0 aliphatic heterocycles. The predicted octanol–water partition coefficient (Wildman–Crippen LogP) is 1.58. The Kier molecular flexibility index (Phi) is 4.02. The summed E-state index contributed by atoms with van der Waals surface area (Å²) in [6.45, 7) is 0.694. The largest absolute Gasteiger partial charge is 0.354 e. The van der Waals surface area contributed by atoms with Crippen molar-refractivity contribution in [2.45, 2.75) is 6.42 Å². The maximum Gasteiger partial charge on any atom is 0.224 e. The summed E-state index contributed by atoms with van der Waals surface area (Å²) in [5.74, 6) is 0.998. The lowest BCUT2D eigenvalue weighted by molar-refractivity contribution is 0.935. The molecule has 0 aliphatic carbocycles. The zero-order valence-corrected chi connectivity index (χ0v) is 11.7.